The third-order valence-corrected chi connectivity index (χ3v) is 3.93. The number of amides is 1. The molecule has 1 atom stereocenters. The van der Waals surface area contributed by atoms with Crippen LogP contribution in [0.1, 0.15) is 38.8 Å². The molecule has 0 saturated heterocycles. The number of carbonyl (C=O) groups is 1. The lowest BCUT2D eigenvalue weighted by molar-refractivity contribution is -0.114. The van der Waals surface area contributed by atoms with E-state index in [9.17, 15) is 4.79 Å². The second-order valence-corrected chi connectivity index (χ2v) is 5.79. The maximum absolute atomic E-state index is 11.4. The first-order valence-electron chi connectivity index (χ1n) is 7.56. The van der Waals surface area contributed by atoms with Crippen molar-refractivity contribution in [2.24, 2.45) is 0 Å². The monoisotopic (exact) mass is 296 g/mol. The summed E-state index contributed by atoms with van der Waals surface area (Å²) in [6, 6.07) is 8.46. The number of hydrogen-bond acceptors (Lipinski definition) is 3. The summed E-state index contributed by atoms with van der Waals surface area (Å²) in [5.74, 6) is 0.457. The molecule has 114 valence electrons. The molecule has 2 aromatic heterocycles. The third kappa shape index (κ3) is 2.43. The van der Waals surface area contributed by atoms with Gasteiger partial charge >= 0.3 is 0 Å². The van der Waals surface area contributed by atoms with Crippen molar-refractivity contribution in [2.75, 3.05) is 5.32 Å². The maximum atomic E-state index is 11.4. The van der Waals surface area contributed by atoms with Gasteiger partial charge in [0.2, 0.25) is 5.91 Å². The van der Waals surface area contributed by atoms with Crippen LogP contribution in [0.2, 0.25) is 0 Å². The predicted molar refractivity (Wildman–Crippen MR) is 89.1 cm³/mol. The van der Waals surface area contributed by atoms with E-state index in [1.807, 2.05) is 10.7 Å². The van der Waals surface area contributed by atoms with E-state index in [0.29, 0.717) is 5.82 Å². The Kier molecular flexibility index (Phi) is 3.56. The highest BCUT2D eigenvalue weighted by molar-refractivity contribution is 6.02. The summed E-state index contributed by atoms with van der Waals surface area (Å²) in [6.07, 6.45) is 0.948. The first kappa shape index (κ1) is 14.5. The molecule has 2 heterocycles. The standard InChI is InChI=1S/C17H20N4O/c1-5-11(3)21-17-14(16(20-21)18-12(4)22)9-13-8-10(2)6-7-15(13)19-17/h6-9,11H,5H2,1-4H3,(H,18,20,22)/t11-/m0/s1. The highest BCUT2D eigenvalue weighted by Gasteiger charge is 2.17. The van der Waals surface area contributed by atoms with Crippen molar-refractivity contribution >= 4 is 33.7 Å². The Balaban J connectivity index is 2.32. The van der Waals surface area contributed by atoms with E-state index in [4.69, 9.17) is 4.98 Å². The normalized spacial score (nSPS) is 12.7. The number of aromatic nitrogens is 3. The van der Waals surface area contributed by atoms with Crippen molar-refractivity contribution in [3.63, 3.8) is 0 Å². The number of carbonyl (C=O) groups excluding carboxylic acids is 1. The number of anilines is 1. The number of fused-ring (bicyclic) bond motifs is 2. The van der Waals surface area contributed by atoms with Gasteiger partial charge in [-0.3, -0.25) is 4.79 Å². The van der Waals surface area contributed by atoms with E-state index in [-0.39, 0.29) is 11.9 Å². The minimum absolute atomic E-state index is 0.125. The molecule has 1 amide bonds. The van der Waals surface area contributed by atoms with Crippen molar-refractivity contribution in [3.05, 3.63) is 29.8 Å². The van der Waals surface area contributed by atoms with Gasteiger partial charge in [0.25, 0.3) is 0 Å². The predicted octanol–water partition coefficient (Wildman–Crippen LogP) is 3.82. The second-order valence-electron chi connectivity index (χ2n) is 5.79. The fourth-order valence-electron chi connectivity index (χ4n) is 2.58. The number of rotatable bonds is 3. The molecule has 5 heteroatoms. The summed E-state index contributed by atoms with van der Waals surface area (Å²) >= 11 is 0. The van der Waals surface area contributed by atoms with Crippen molar-refractivity contribution in [1.29, 1.82) is 0 Å². The number of aryl methyl sites for hydroxylation is 1. The van der Waals surface area contributed by atoms with Crippen LogP contribution in [-0.4, -0.2) is 20.7 Å². The molecule has 0 bridgehead atoms. The Morgan fingerprint density at radius 1 is 1.36 bits per heavy atom. The first-order chi connectivity index (χ1) is 10.5. The van der Waals surface area contributed by atoms with Gasteiger partial charge in [-0.05, 0) is 38.5 Å². The number of nitrogens with zero attached hydrogens (tertiary/aromatic N) is 3. The smallest absolute Gasteiger partial charge is 0.222 e. The molecule has 0 aliphatic carbocycles. The minimum Gasteiger partial charge on any atom is -0.309 e. The van der Waals surface area contributed by atoms with Crippen LogP contribution >= 0.6 is 0 Å². The molecule has 0 unspecified atom stereocenters. The van der Waals surface area contributed by atoms with Crippen LogP contribution in [0.15, 0.2) is 24.3 Å². The Morgan fingerprint density at radius 2 is 2.14 bits per heavy atom. The molecule has 5 nitrogen and oxygen atoms in total. The Morgan fingerprint density at radius 3 is 2.82 bits per heavy atom. The quantitative estimate of drug-likeness (QED) is 0.799. The molecule has 0 radical (unpaired) electrons. The van der Waals surface area contributed by atoms with Crippen LogP contribution in [0.4, 0.5) is 5.82 Å². The fourth-order valence-corrected chi connectivity index (χ4v) is 2.58. The summed E-state index contributed by atoms with van der Waals surface area (Å²) in [6.45, 7) is 7.76. The van der Waals surface area contributed by atoms with E-state index in [2.05, 4.69) is 49.4 Å². The molecule has 3 rings (SSSR count). The van der Waals surface area contributed by atoms with Gasteiger partial charge in [-0.15, -0.1) is 0 Å². The fraction of sp³-hybridized carbons (Fsp3) is 0.353. The van der Waals surface area contributed by atoms with Gasteiger partial charge < -0.3 is 5.32 Å². The number of benzene rings is 1. The molecular formula is C17H20N4O. The molecule has 0 aliphatic rings. The zero-order valence-electron chi connectivity index (χ0n) is 13.3. The number of pyridine rings is 1. The van der Waals surface area contributed by atoms with E-state index in [0.717, 1.165) is 28.4 Å². The Labute approximate surface area is 129 Å². The van der Waals surface area contributed by atoms with Crippen LogP contribution in [0.5, 0.6) is 0 Å². The van der Waals surface area contributed by atoms with E-state index < -0.39 is 0 Å². The summed E-state index contributed by atoms with van der Waals surface area (Å²) in [4.78, 5) is 16.2. The zero-order chi connectivity index (χ0) is 15.9. The molecule has 1 N–H and O–H groups in total. The zero-order valence-corrected chi connectivity index (χ0v) is 13.3. The minimum atomic E-state index is -0.125. The number of nitrogens with one attached hydrogen (secondary N) is 1. The third-order valence-electron chi connectivity index (χ3n) is 3.93. The van der Waals surface area contributed by atoms with Gasteiger partial charge in [0.05, 0.1) is 16.9 Å². The van der Waals surface area contributed by atoms with Crippen LogP contribution in [0, 0.1) is 6.92 Å². The van der Waals surface area contributed by atoms with Gasteiger partial charge in [0.15, 0.2) is 11.5 Å². The SMILES string of the molecule is CC[C@H](C)n1nc(NC(C)=O)c2cc3cc(C)ccc3nc21. The molecule has 0 spiro atoms. The van der Waals surface area contributed by atoms with E-state index >= 15 is 0 Å². The molecule has 22 heavy (non-hydrogen) atoms. The van der Waals surface area contributed by atoms with Crippen LogP contribution < -0.4 is 5.32 Å². The molecule has 0 saturated carbocycles. The molecule has 0 aliphatic heterocycles. The highest BCUT2D eigenvalue weighted by atomic mass is 16.1. The van der Waals surface area contributed by atoms with Crippen molar-refractivity contribution in [3.8, 4) is 0 Å². The van der Waals surface area contributed by atoms with Gasteiger partial charge in [0.1, 0.15) is 0 Å². The maximum Gasteiger partial charge on any atom is 0.222 e. The first-order valence-corrected chi connectivity index (χ1v) is 7.56. The Bertz CT molecular complexity index is 866. The molecule has 0 fully saturated rings. The van der Waals surface area contributed by atoms with Gasteiger partial charge in [0, 0.05) is 12.3 Å². The Hall–Kier alpha value is -2.43. The lowest BCUT2D eigenvalue weighted by Crippen LogP contribution is -2.09. The van der Waals surface area contributed by atoms with Gasteiger partial charge in [-0.25, -0.2) is 9.67 Å². The van der Waals surface area contributed by atoms with Gasteiger partial charge in [-0.1, -0.05) is 18.6 Å². The largest absolute Gasteiger partial charge is 0.309 e. The topological polar surface area (TPSA) is 59.8 Å². The average Bonchev–Trinajstić information content (AvgIpc) is 2.81. The molecule has 1 aromatic carbocycles. The summed E-state index contributed by atoms with van der Waals surface area (Å²) in [5, 5.41) is 9.32. The van der Waals surface area contributed by atoms with E-state index in [1.165, 1.54) is 12.5 Å². The van der Waals surface area contributed by atoms with Crippen LogP contribution in [0.25, 0.3) is 21.9 Å². The van der Waals surface area contributed by atoms with Crippen LogP contribution in [-0.2, 0) is 4.79 Å². The van der Waals surface area contributed by atoms with Crippen molar-refractivity contribution < 1.29 is 4.79 Å². The van der Waals surface area contributed by atoms with Crippen LogP contribution in [0.3, 0.4) is 0 Å². The van der Waals surface area contributed by atoms with Crippen molar-refractivity contribution in [2.45, 2.75) is 40.2 Å². The summed E-state index contributed by atoms with van der Waals surface area (Å²) in [7, 11) is 0. The second kappa shape index (κ2) is 5.40. The van der Waals surface area contributed by atoms with Gasteiger partial charge in [-0.2, -0.15) is 5.10 Å². The average molecular weight is 296 g/mol. The summed E-state index contributed by atoms with van der Waals surface area (Å²) < 4.78 is 1.90. The summed E-state index contributed by atoms with van der Waals surface area (Å²) in [5.41, 5.74) is 2.94. The molecule has 3 aromatic rings. The molecular weight excluding hydrogens is 276 g/mol. The van der Waals surface area contributed by atoms with E-state index in [1.54, 1.807) is 0 Å². The lowest BCUT2D eigenvalue weighted by Gasteiger charge is -2.10. The lowest BCUT2D eigenvalue weighted by atomic mass is 10.1. The van der Waals surface area contributed by atoms with Crippen molar-refractivity contribution in [1.82, 2.24) is 14.8 Å². The highest BCUT2D eigenvalue weighted by Crippen LogP contribution is 2.29. The number of hydrogen-bond donors (Lipinski definition) is 1.